The summed E-state index contributed by atoms with van der Waals surface area (Å²) in [5.74, 6) is 0.459. The second kappa shape index (κ2) is 7.52. The topological polar surface area (TPSA) is 34.2 Å². The first-order valence-electron chi connectivity index (χ1n) is 7.11. The highest BCUT2D eigenvalue weighted by Gasteiger charge is 2.18. The molecule has 0 aliphatic rings. The maximum absolute atomic E-state index is 13.6. The Labute approximate surface area is 129 Å². The number of benzene rings is 1. The van der Waals surface area contributed by atoms with Crippen molar-refractivity contribution in [2.24, 2.45) is 0 Å². The van der Waals surface area contributed by atoms with Gasteiger partial charge >= 0.3 is 0 Å². The molecule has 0 saturated carbocycles. The van der Waals surface area contributed by atoms with E-state index in [-0.39, 0.29) is 11.9 Å². The highest BCUT2D eigenvalue weighted by atomic mass is 32.1. The maximum Gasteiger partial charge on any atom is 0.123 e. The Morgan fingerprint density at radius 3 is 2.86 bits per heavy atom. The molecule has 1 N–H and O–H groups in total. The molecule has 0 aliphatic heterocycles. The summed E-state index contributed by atoms with van der Waals surface area (Å²) in [6.45, 7) is 4.97. The van der Waals surface area contributed by atoms with Crippen LogP contribution >= 0.6 is 11.3 Å². The minimum Gasteiger partial charge on any atom is -0.496 e. The molecule has 5 heteroatoms. The molecular formula is C16H21FN2OS. The zero-order chi connectivity index (χ0) is 15.2. The van der Waals surface area contributed by atoms with E-state index < -0.39 is 0 Å². The van der Waals surface area contributed by atoms with E-state index in [2.05, 4.69) is 22.6 Å². The van der Waals surface area contributed by atoms with Gasteiger partial charge in [0.2, 0.25) is 0 Å². The molecule has 1 aromatic carbocycles. The second-order valence-electron chi connectivity index (χ2n) is 4.95. The molecule has 21 heavy (non-hydrogen) atoms. The van der Waals surface area contributed by atoms with Crippen LogP contribution in [0, 0.1) is 12.7 Å². The number of rotatable bonds is 7. The fraction of sp³-hybridized carbons (Fsp3) is 0.438. The standard InChI is InChI=1S/C16H21FN2OS/c1-4-7-18-15(9-13-10-21-11(2)19-13)14-8-12(17)5-6-16(14)20-3/h5-6,8,10,15,18H,4,7,9H2,1-3H3. The Balaban J connectivity index is 2.28. The van der Waals surface area contributed by atoms with Crippen LogP contribution in [0.3, 0.4) is 0 Å². The third-order valence-electron chi connectivity index (χ3n) is 3.29. The van der Waals surface area contributed by atoms with Crippen molar-refractivity contribution in [1.29, 1.82) is 0 Å². The fourth-order valence-electron chi connectivity index (χ4n) is 2.30. The molecule has 1 unspecified atom stereocenters. The van der Waals surface area contributed by atoms with E-state index in [1.165, 1.54) is 6.07 Å². The van der Waals surface area contributed by atoms with Crippen molar-refractivity contribution in [3.05, 3.63) is 45.7 Å². The number of thiazole rings is 1. The molecule has 0 aliphatic carbocycles. The van der Waals surface area contributed by atoms with Crippen LogP contribution < -0.4 is 10.1 Å². The van der Waals surface area contributed by atoms with Crippen molar-refractivity contribution < 1.29 is 9.13 Å². The molecule has 114 valence electrons. The van der Waals surface area contributed by atoms with Gasteiger partial charge in [0.25, 0.3) is 0 Å². The van der Waals surface area contributed by atoms with Crippen LogP contribution in [0.1, 0.15) is 35.7 Å². The van der Waals surface area contributed by atoms with Crippen molar-refractivity contribution in [3.8, 4) is 5.75 Å². The van der Waals surface area contributed by atoms with Gasteiger partial charge in [-0.3, -0.25) is 0 Å². The predicted octanol–water partition coefficient (Wildman–Crippen LogP) is 3.88. The van der Waals surface area contributed by atoms with Gasteiger partial charge in [0.1, 0.15) is 11.6 Å². The molecule has 0 fully saturated rings. The first-order chi connectivity index (χ1) is 10.1. The quantitative estimate of drug-likeness (QED) is 0.843. The first kappa shape index (κ1) is 15.9. The summed E-state index contributed by atoms with van der Waals surface area (Å²) in [6, 6.07) is 4.65. The average Bonchev–Trinajstić information content (AvgIpc) is 2.88. The van der Waals surface area contributed by atoms with Crippen LogP contribution in [0.4, 0.5) is 4.39 Å². The van der Waals surface area contributed by atoms with Crippen molar-refractivity contribution in [2.75, 3.05) is 13.7 Å². The maximum atomic E-state index is 13.6. The van der Waals surface area contributed by atoms with Crippen LogP contribution in [0.2, 0.25) is 0 Å². The summed E-state index contributed by atoms with van der Waals surface area (Å²) in [5, 5.41) is 6.57. The van der Waals surface area contributed by atoms with Crippen LogP contribution in [0.25, 0.3) is 0 Å². The first-order valence-corrected chi connectivity index (χ1v) is 7.99. The van der Waals surface area contributed by atoms with E-state index in [9.17, 15) is 4.39 Å². The van der Waals surface area contributed by atoms with E-state index >= 15 is 0 Å². The van der Waals surface area contributed by atoms with Gasteiger partial charge in [0, 0.05) is 23.4 Å². The molecule has 2 aromatic rings. The molecule has 1 atom stereocenters. The van der Waals surface area contributed by atoms with Crippen LogP contribution in [0.5, 0.6) is 5.75 Å². The molecule has 1 heterocycles. The van der Waals surface area contributed by atoms with Gasteiger partial charge in [-0.2, -0.15) is 0 Å². The van der Waals surface area contributed by atoms with Crippen molar-refractivity contribution in [2.45, 2.75) is 32.7 Å². The Hall–Kier alpha value is -1.46. The lowest BCUT2D eigenvalue weighted by Gasteiger charge is -2.20. The Bertz CT molecular complexity index is 585. The normalized spacial score (nSPS) is 12.4. The Morgan fingerprint density at radius 2 is 2.24 bits per heavy atom. The molecule has 0 saturated heterocycles. The molecular weight excluding hydrogens is 287 g/mol. The molecule has 0 radical (unpaired) electrons. The third kappa shape index (κ3) is 4.25. The number of aryl methyl sites for hydroxylation is 1. The molecule has 0 bridgehead atoms. The zero-order valence-electron chi connectivity index (χ0n) is 12.6. The Kier molecular flexibility index (Phi) is 5.70. The number of ether oxygens (including phenoxy) is 1. The van der Waals surface area contributed by atoms with E-state index in [1.54, 1.807) is 30.6 Å². The monoisotopic (exact) mass is 308 g/mol. The van der Waals surface area contributed by atoms with Gasteiger partial charge in [0.15, 0.2) is 0 Å². The Morgan fingerprint density at radius 1 is 1.43 bits per heavy atom. The van der Waals surface area contributed by atoms with Crippen LogP contribution in [0.15, 0.2) is 23.6 Å². The lowest BCUT2D eigenvalue weighted by atomic mass is 10.0. The van der Waals surface area contributed by atoms with Gasteiger partial charge in [-0.15, -0.1) is 11.3 Å². The molecule has 0 spiro atoms. The van der Waals surface area contributed by atoms with Gasteiger partial charge in [0.05, 0.1) is 17.8 Å². The summed E-state index contributed by atoms with van der Waals surface area (Å²) in [7, 11) is 1.61. The summed E-state index contributed by atoms with van der Waals surface area (Å²) in [6.07, 6.45) is 1.74. The number of hydrogen-bond donors (Lipinski definition) is 1. The van der Waals surface area contributed by atoms with Crippen LogP contribution in [-0.4, -0.2) is 18.6 Å². The second-order valence-corrected chi connectivity index (χ2v) is 6.02. The van der Waals surface area contributed by atoms with E-state index in [1.807, 2.05) is 6.92 Å². The van der Waals surface area contributed by atoms with Gasteiger partial charge in [-0.05, 0) is 38.1 Å². The number of nitrogens with one attached hydrogen (secondary N) is 1. The van der Waals surface area contributed by atoms with Crippen molar-refractivity contribution >= 4 is 11.3 Å². The molecule has 2 rings (SSSR count). The average molecular weight is 308 g/mol. The lowest BCUT2D eigenvalue weighted by Crippen LogP contribution is -2.25. The van der Waals surface area contributed by atoms with Crippen molar-refractivity contribution in [1.82, 2.24) is 10.3 Å². The highest BCUT2D eigenvalue weighted by molar-refractivity contribution is 7.09. The van der Waals surface area contributed by atoms with Gasteiger partial charge < -0.3 is 10.1 Å². The minimum atomic E-state index is -0.247. The molecule has 1 aromatic heterocycles. The zero-order valence-corrected chi connectivity index (χ0v) is 13.5. The number of methoxy groups -OCH3 is 1. The summed E-state index contributed by atoms with van der Waals surface area (Å²) >= 11 is 1.63. The molecule has 3 nitrogen and oxygen atoms in total. The molecule has 0 amide bonds. The smallest absolute Gasteiger partial charge is 0.123 e. The van der Waals surface area contributed by atoms with E-state index in [0.717, 1.165) is 35.7 Å². The van der Waals surface area contributed by atoms with E-state index in [0.29, 0.717) is 5.75 Å². The number of halogens is 1. The number of hydrogen-bond acceptors (Lipinski definition) is 4. The van der Waals surface area contributed by atoms with Gasteiger partial charge in [-0.25, -0.2) is 9.37 Å². The van der Waals surface area contributed by atoms with E-state index in [4.69, 9.17) is 4.74 Å². The number of nitrogens with zero attached hydrogens (tertiary/aromatic N) is 1. The van der Waals surface area contributed by atoms with Gasteiger partial charge in [-0.1, -0.05) is 6.92 Å². The van der Waals surface area contributed by atoms with Crippen molar-refractivity contribution in [3.63, 3.8) is 0 Å². The predicted molar refractivity (Wildman–Crippen MR) is 84.5 cm³/mol. The summed E-state index contributed by atoms with van der Waals surface area (Å²) < 4.78 is 19.0. The summed E-state index contributed by atoms with van der Waals surface area (Å²) in [5.41, 5.74) is 1.87. The third-order valence-corrected chi connectivity index (χ3v) is 4.11. The van der Waals surface area contributed by atoms with Crippen LogP contribution in [-0.2, 0) is 6.42 Å². The summed E-state index contributed by atoms with van der Waals surface area (Å²) in [4.78, 5) is 4.51. The lowest BCUT2D eigenvalue weighted by molar-refractivity contribution is 0.396. The highest BCUT2D eigenvalue weighted by Crippen LogP contribution is 2.29. The minimum absolute atomic E-state index is 0.00269. The SMILES string of the molecule is CCCNC(Cc1csc(C)n1)c1cc(F)ccc1OC. The fourth-order valence-corrected chi connectivity index (χ4v) is 2.92. The number of aromatic nitrogens is 1. The largest absolute Gasteiger partial charge is 0.496 e.